The van der Waals surface area contributed by atoms with Crippen LogP contribution in [0.2, 0.25) is 0 Å². The fourth-order valence-corrected chi connectivity index (χ4v) is 4.39. The highest BCUT2D eigenvalue weighted by Crippen LogP contribution is 2.40. The highest BCUT2D eigenvalue weighted by atomic mass is 16.6. The smallest absolute Gasteiger partial charge is 0.308 e. The van der Waals surface area contributed by atoms with Gasteiger partial charge in [0.15, 0.2) is 11.5 Å². The van der Waals surface area contributed by atoms with Gasteiger partial charge in [-0.2, -0.15) is 0 Å². The van der Waals surface area contributed by atoms with Crippen molar-refractivity contribution in [2.75, 3.05) is 44.3 Å². The van der Waals surface area contributed by atoms with Gasteiger partial charge in [0.1, 0.15) is 19.0 Å². The predicted octanol–water partition coefficient (Wildman–Crippen LogP) is 4.01. The van der Waals surface area contributed by atoms with Crippen LogP contribution in [0, 0.1) is 0 Å². The number of esters is 1. The molecule has 0 N–H and O–H groups in total. The van der Waals surface area contributed by atoms with Crippen LogP contribution in [0.1, 0.15) is 17.3 Å². The van der Waals surface area contributed by atoms with Gasteiger partial charge >= 0.3 is 5.97 Å². The average Bonchev–Trinajstić information content (AvgIpc) is 2.88. The van der Waals surface area contributed by atoms with Crippen molar-refractivity contribution in [3.8, 4) is 28.4 Å². The standard InChI is InChI=1S/C27H26N2O5/c1-19(30)34-24-11-10-21(18-22(24)20-6-3-2-4-7-20)27(31)29-14-12-28(13-15-29)23-8-5-9-25-26(23)33-17-16-32-25/h2-11,18H,12-17H2,1H3. The molecule has 0 aliphatic carbocycles. The summed E-state index contributed by atoms with van der Waals surface area (Å²) in [7, 11) is 0. The van der Waals surface area contributed by atoms with E-state index in [2.05, 4.69) is 4.90 Å². The SMILES string of the molecule is CC(=O)Oc1ccc(C(=O)N2CCN(c3cccc4c3OCCO4)CC2)cc1-c1ccccc1. The number of rotatable bonds is 4. The van der Waals surface area contributed by atoms with E-state index in [0.29, 0.717) is 56.3 Å². The molecule has 0 spiro atoms. The summed E-state index contributed by atoms with van der Waals surface area (Å²) < 4.78 is 17.0. The highest BCUT2D eigenvalue weighted by molar-refractivity contribution is 5.96. The molecule has 2 aliphatic rings. The molecule has 0 unspecified atom stereocenters. The molecule has 1 fully saturated rings. The van der Waals surface area contributed by atoms with Crippen molar-refractivity contribution >= 4 is 17.6 Å². The Kier molecular flexibility index (Phi) is 6.08. The number of amides is 1. The molecule has 0 bridgehead atoms. The molecule has 5 rings (SSSR count). The van der Waals surface area contributed by atoms with Gasteiger partial charge in [0.05, 0.1) is 5.69 Å². The maximum atomic E-state index is 13.3. The Morgan fingerprint density at radius 3 is 2.38 bits per heavy atom. The minimum absolute atomic E-state index is 0.0409. The number of hydrogen-bond donors (Lipinski definition) is 0. The molecule has 2 aliphatic heterocycles. The van der Waals surface area contributed by atoms with Crippen LogP contribution >= 0.6 is 0 Å². The minimum Gasteiger partial charge on any atom is -0.486 e. The van der Waals surface area contributed by atoms with E-state index >= 15 is 0 Å². The lowest BCUT2D eigenvalue weighted by atomic mass is 10.0. The quantitative estimate of drug-likeness (QED) is 0.435. The minimum atomic E-state index is -0.398. The fourth-order valence-electron chi connectivity index (χ4n) is 4.39. The molecule has 0 atom stereocenters. The van der Waals surface area contributed by atoms with Crippen LogP contribution in [-0.4, -0.2) is 56.2 Å². The highest BCUT2D eigenvalue weighted by Gasteiger charge is 2.26. The van der Waals surface area contributed by atoms with E-state index < -0.39 is 5.97 Å². The summed E-state index contributed by atoms with van der Waals surface area (Å²) in [5.41, 5.74) is 3.17. The van der Waals surface area contributed by atoms with Gasteiger partial charge in [-0.1, -0.05) is 36.4 Å². The summed E-state index contributed by atoms with van der Waals surface area (Å²) in [6, 6.07) is 20.8. The summed E-state index contributed by atoms with van der Waals surface area (Å²) >= 11 is 0. The third-order valence-electron chi connectivity index (χ3n) is 6.02. The van der Waals surface area contributed by atoms with E-state index in [1.54, 1.807) is 18.2 Å². The van der Waals surface area contributed by atoms with E-state index in [9.17, 15) is 9.59 Å². The van der Waals surface area contributed by atoms with E-state index in [1.807, 2.05) is 53.4 Å². The van der Waals surface area contributed by atoms with Gasteiger partial charge in [0.25, 0.3) is 5.91 Å². The molecule has 0 aromatic heterocycles. The topological polar surface area (TPSA) is 68.3 Å². The van der Waals surface area contributed by atoms with Crippen LogP contribution in [0.15, 0.2) is 66.7 Å². The largest absolute Gasteiger partial charge is 0.486 e. The summed E-state index contributed by atoms with van der Waals surface area (Å²) in [4.78, 5) is 29.0. The Hall–Kier alpha value is -4.00. The lowest BCUT2D eigenvalue weighted by Crippen LogP contribution is -2.49. The van der Waals surface area contributed by atoms with E-state index in [1.165, 1.54) is 6.92 Å². The summed E-state index contributed by atoms with van der Waals surface area (Å²) in [6.45, 7) is 5.04. The molecule has 174 valence electrons. The van der Waals surface area contributed by atoms with E-state index in [-0.39, 0.29) is 5.91 Å². The normalized spacial score (nSPS) is 15.1. The molecule has 3 aromatic carbocycles. The lowest BCUT2D eigenvalue weighted by molar-refractivity contribution is -0.131. The molecule has 3 aromatic rings. The molecule has 1 saturated heterocycles. The molecular formula is C27H26N2O5. The molecule has 0 radical (unpaired) electrons. The van der Waals surface area contributed by atoms with Crippen molar-refractivity contribution < 1.29 is 23.8 Å². The number of carbonyl (C=O) groups excluding carboxylic acids is 2. The molecule has 7 heteroatoms. The second-order valence-electron chi connectivity index (χ2n) is 8.25. The van der Waals surface area contributed by atoms with Crippen molar-refractivity contribution in [1.82, 2.24) is 4.90 Å². The monoisotopic (exact) mass is 458 g/mol. The zero-order chi connectivity index (χ0) is 23.5. The first kappa shape index (κ1) is 21.8. The van der Waals surface area contributed by atoms with Crippen molar-refractivity contribution in [2.24, 2.45) is 0 Å². The van der Waals surface area contributed by atoms with Crippen LogP contribution in [0.3, 0.4) is 0 Å². The first-order valence-electron chi connectivity index (χ1n) is 11.4. The molecule has 1 amide bonds. The molecule has 7 nitrogen and oxygen atoms in total. The van der Waals surface area contributed by atoms with Crippen molar-refractivity contribution in [2.45, 2.75) is 6.92 Å². The number of anilines is 1. The van der Waals surface area contributed by atoms with Gasteiger partial charge < -0.3 is 24.0 Å². The Labute approximate surface area is 198 Å². The summed E-state index contributed by atoms with van der Waals surface area (Å²) in [5.74, 6) is 1.55. The Morgan fingerprint density at radius 2 is 1.62 bits per heavy atom. The number of piperazine rings is 1. The number of nitrogens with zero attached hydrogens (tertiary/aromatic N) is 2. The zero-order valence-corrected chi connectivity index (χ0v) is 19.0. The number of benzene rings is 3. The van der Waals surface area contributed by atoms with E-state index in [0.717, 1.165) is 22.7 Å². The van der Waals surface area contributed by atoms with Gasteiger partial charge in [-0.25, -0.2) is 0 Å². The Bertz CT molecular complexity index is 1200. The molecular weight excluding hydrogens is 432 g/mol. The van der Waals surface area contributed by atoms with Gasteiger partial charge in [0, 0.05) is 44.2 Å². The molecule has 34 heavy (non-hydrogen) atoms. The third-order valence-corrected chi connectivity index (χ3v) is 6.02. The van der Waals surface area contributed by atoms with Crippen LogP contribution in [0.25, 0.3) is 11.1 Å². The van der Waals surface area contributed by atoms with Crippen molar-refractivity contribution in [3.05, 3.63) is 72.3 Å². The second kappa shape index (κ2) is 9.47. The second-order valence-corrected chi connectivity index (χ2v) is 8.25. The fraction of sp³-hybridized carbons (Fsp3) is 0.259. The van der Waals surface area contributed by atoms with Gasteiger partial charge in [-0.15, -0.1) is 0 Å². The lowest BCUT2D eigenvalue weighted by Gasteiger charge is -2.37. The van der Waals surface area contributed by atoms with Crippen LogP contribution in [0.5, 0.6) is 17.2 Å². The van der Waals surface area contributed by atoms with Crippen LogP contribution in [-0.2, 0) is 4.79 Å². The van der Waals surface area contributed by atoms with E-state index in [4.69, 9.17) is 14.2 Å². The number of carbonyl (C=O) groups is 2. The maximum Gasteiger partial charge on any atom is 0.308 e. The third kappa shape index (κ3) is 4.41. The Morgan fingerprint density at radius 1 is 0.853 bits per heavy atom. The predicted molar refractivity (Wildman–Crippen MR) is 129 cm³/mol. The Balaban J connectivity index is 1.34. The van der Waals surface area contributed by atoms with Crippen LogP contribution in [0.4, 0.5) is 5.69 Å². The first-order valence-corrected chi connectivity index (χ1v) is 11.4. The van der Waals surface area contributed by atoms with Crippen LogP contribution < -0.4 is 19.1 Å². The number of ether oxygens (including phenoxy) is 3. The van der Waals surface area contributed by atoms with Gasteiger partial charge in [0.2, 0.25) is 0 Å². The summed E-state index contributed by atoms with van der Waals surface area (Å²) in [6.07, 6.45) is 0. The zero-order valence-electron chi connectivity index (χ0n) is 19.0. The first-order chi connectivity index (χ1) is 16.6. The van der Waals surface area contributed by atoms with Gasteiger partial charge in [-0.05, 0) is 35.9 Å². The molecule has 2 heterocycles. The van der Waals surface area contributed by atoms with Crippen molar-refractivity contribution in [3.63, 3.8) is 0 Å². The summed E-state index contributed by atoms with van der Waals surface area (Å²) in [5, 5.41) is 0. The maximum absolute atomic E-state index is 13.3. The number of hydrogen-bond acceptors (Lipinski definition) is 6. The number of fused-ring (bicyclic) bond motifs is 1. The molecule has 0 saturated carbocycles. The van der Waals surface area contributed by atoms with Gasteiger partial charge in [-0.3, -0.25) is 9.59 Å². The average molecular weight is 459 g/mol. The van der Waals surface area contributed by atoms with Crippen molar-refractivity contribution in [1.29, 1.82) is 0 Å². The number of para-hydroxylation sites is 1.